The molecule has 4 nitrogen and oxygen atoms in total. The summed E-state index contributed by atoms with van der Waals surface area (Å²) in [6.45, 7) is 4.75. The van der Waals surface area contributed by atoms with E-state index >= 15 is 0 Å². The molecule has 76 valence electrons. The SMILES string of the molecule is CSN1CCN(C(=O)C(C)O)CC1. The number of aliphatic hydroxyl groups excluding tert-OH is 1. The molecule has 0 aromatic rings. The summed E-state index contributed by atoms with van der Waals surface area (Å²) in [4.78, 5) is 13.1. The van der Waals surface area contributed by atoms with Crippen LogP contribution in [0.25, 0.3) is 0 Å². The molecular weight excluding hydrogens is 188 g/mol. The van der Waals surface area contributed by atoms with E-state index in [1.54, 1.807) is 16.8 Å². The van der Waals surface area contributed by atoms with Gasteiger partial charge in [-0.1, -0.05) is 11.9 Å². The number of hydrogen-bond acceptors (Lipinski definition) is 4. The van der Waals surface area contributed by atoms with Crippen molar-refractivity contribution in [1.29, 1.82) is 0 Å². The third kappa shape index (κ3) is 2.86. The highest BCUT2D eigenvalue weighted by Gasteiger charge is 2.22. The number of hydrogen-bond donors (Lipinski definition) is 1. The molecule has 1 amide bonds. The maximum Gasteiger partial charge on any atom is 0.251 e. The summed E-state index contributed by atoms with van der Waals surface area (Å²) in [6.07, 6.45) is 1.17. The summed E-state index contributed by atoms with van der Waals surface area (Å²) in [7, 11) is 0. The van der Waals surface area contributed by atoms with Crippen LogP contribution < -0.4 is 0 Å². The molecule has 1 fully saturated rings. The number of nitrogens with zero attached hydrogens (tertiary/aromatic N) is 2. The van der Waals surface area contributed by atoms with Gasteiger partial charge in [0.2, 0.25) is 0 Å². The molecule has 0 aromatic carbocycles. The fourth-order valence-corrected chi connectivity index (χ4v) is 1.88. The van der Waals surface area contributed by atoms with Gasteiger partial charge in [-0.05, 0) is 13.2 Å². The van der Waals surface area contributed by atoms with Crippen LogP contribution in [0.4, 0.5) is 0 Å². The van der Waals surface area contributed by atoms with Gasteiger partial charge in [0, 0.05) is 26.2 Å². The van der Waals surface area contributed by atoms with Crippen LogP contribution in [0.15, 0.2) is 0 Å². The summed E-state index contributed by atoms with van der Waals surface area (Å²) in [5, 5.41) is 9.09. The van der Waals surface area contributed by atoms with Gasteiger partial charge in [-0.15, -0.1) is 0 Å². The van der Waals surface area contributed by atoms with Gasteiger partial charge < -0.3 is 10.0 Å². The Kier molecular flexibility index (Phi) is 4.02. The molecule has 1 saturated heterocycles. The van der Waals surface area contributed by atoms with Crippen molar-refractivity contribution in [3.05, 3.63) is 0 Å². The lowest BCUT2D eigenvalue weighted by Gasteiger charge is -2.33. The van der Waals surface area contributed by atoms with Gasteiger partial charge in [0.15, 0.2) is 0 Å². The highest BCUT2D eigenvalue weighted by atomic mass is 32.2. The Morgan fingerprint density at radius 3 is 2.31 bits per heavy atom. The Balaban J connectivity index is 2.36. The topological polar surface area (TPSA) is 43.8 Å². The van der Waals surface area contributed by atoms with Crippen LogP contribution in [0.2, 0.25) is 0 Å². The van der Waals surface area contributed by atoms with Crippen molar-refractivity contribution in [2.75, 3.05) is 32.4 Å². The number of amides is 1. The lowest BCUT2D eigenvalue weighted by atomic mass is 10.3. The van der Waals surface area contributed by atoms with Gasteiger partial charge in [0.05, 0.1) is 0 Å². The zero-order valence-electron chi connectivity index (χ0n) is 8.06. The van der Waals surface area contributed by atoms with Crippen LogP contribution in [-0.4, -0.2) is 58.8 Å². The van der Waals surface area contributed by atoms with E-state index in [1.807, 2.05) is 6.26 Å². The first-order valence-corrected chi connectivity index (χ1v) is 5.59. The number of carbonyl (C=O) groups is 1. The molecule has 5 heteroatoms. The van der Waals surface area contributed by atoms with E-state index < -0.39 is 6.10 Å². The second-order valence-corrected chi connectivity index (χ2v) is 3.99. The first-order valence-electron chi connectivity index (χ1n) is 4.41. The second-order valence-electron chi connectivity index (χ2n) is 3.11. The van der Waals surface area contributed by atoms with Gasteiger partial charge in [0.25, 0.3) is 5.91 Å². The van der Waals surface area contributed by atoms with Gasteiger partial charge in [-0.2, -0.15) is 0 Å². The fourth-order valence-electron chi connectivity index (χ4n) is 1.36. The van der Waals surface area contributed by atoms with Crippen molar-refractivity contribution in [1.82, 2.24) is 9.21 Å². The summed E-state index contributed by atoms with van der Waals surface area (Å²) in [6, 6.07) is 0. The molecule has 1 aliphatic rings. The van der Waals surface area contributed by atoms with Crippen LogP contribution in [0.3, 0.4) is 0 Å². The van der Waals surface area contributed by atoms with E-state index in [0.29, 0.717) is 0 Å². The Hall–Kier alpha value is -0.260. The summed E-state index contributed by atoms with van der Waals surface area (Å²) in [5.41, 5.74) is 0. The highest BCUT2D eigenvalue weighted by Crippen LogP contribution is 2.10. The van der Waals surface area contributed by atoms with Gasteiger partial charge in [-0.3, -0.25) is 4.79 Å². The minimum absolute atomic E-state index is 0.152. The molecule has 13 heavy (non-hydrogen) atoms. The standard InChI is InChI=1S/C8H16N2O2S/c1-7(11)8(12)9-3-5-10(13-2)6-4-9/h7,11H,3-6H2,1-2H3. The second kappa shape index (κ2) is 4.83. The lowest BCUT2D eigenvalue weighted by molar-refractivity contribution is -0.140. The molecule has 0 spiro atoms. The first kappa shape index (κ1) is 10.8. The zero-order valence-corrected chi connectivity index (χ0v) is 8.88. The van der Waals surface area contributed by atoms with Crippen molar-refractivity contribution in [3.63, 3.8) is 0 Å². The summed E-state index contributed by atoms with van der Waals surface area (Å²) >= 11 is 1.70. The monoisotopic (exact) mass is 204 g/mol. The quantitative estimate of drug-likeness (QED) is 0.632. The smallest absolute Gasteiger partial charge is 0.251 e. The van der Waals surface area contributed by atoms with E-state index in [2.05, 4.69) is 4.31 Å². The van der Waals surface area contributed by atoms with Gasteiger partial charge in [-0.25, -0.2) is 4.31 Å². The molecule has 0 saturated carbocycles. The molecule has 1 aliphatic heterocycles. The number of carbonyl (C=O) groups excluding carboxylic acids is 1. The molecule has 0 radical (unpaired) electrons. The molecular formula is C8H16N2O2S. The fraction of sp³-hybridized carbons (Fsp3) is 0.875. The third-order valence-corrected chi connectivity index (χ3v) is 3.05. The molecule has 1 heterocycles. The molecule has 0 bridgehead atoms. The zero-order chi connectivity index (χ0) is 9.84. The molecule has 1 rings (SSSR count). The van der Waals surface area contributed by atoms with Crippen molar-refractivity contribution in [3.8, 4) is 0 Å². The van der Waals surface area contributed by atoms with E-state index in [1.165, 1.54) is 6.92 Å². The van der Waals surface area contributed by atoms with Crippen molar-refractivity contribution in [2.24, 2.45) is 0 Å². The molecule has 0 aliphatic carbocycles. The average Bonchev–Trinajstić information content (AvgIpc) is 2.17. The van der Waals surface area contributed by atoms with Crippen LogP contribution in [0, 0.1) is 0 Å². The van der Waals surface area contributed by atoms with E-state index in [0.717, 1.165) is 26.2 Å². The largest absolute Gasteiger partial charge is 0.384 e. The summed E-state index contributed by atoms with van der Waals surface area (Å²) in [5.74, 6) is -0.152. The minimum atomic E-state index is -0.860. The van der Waals surface area contributed by atoms with Crippen LogP contribution in [0.5, 0.6) is 0 Å². The van der Waals surface area contributed by atoms with Crippen LogP contribution in [0.1, 0.15) is 6.92 Å². The predicted molar refractivity (Wildman–Crippen MR) is 53.3 cm³/mol. The Morgan fingerprint density at radius 2 is 1.92 bits per heavy atom. The molecule has 0 aromatic heterocycles. The van der Waals surface area contributed by atoms with Crippen LogP contribution >= 0.6 is 11.9 Å². The maximum atomic E-state index is 11.3. The first-order chi connectivity index (χ1) is 6.15. The number of aliphatic hydroxyl groups is 1. The number of piperazine rings is 1. The van der Waals surface area contributed by atoms with E-state index in [4.69, 9.17) is 5.11 Å². The Bertz CT molecular complexity index is 179. The predicted octanol–water partition coefficient (Wildman–Crippen LogP) is -0.211. The lowest BCUT2D eigenvalue weighted by Crippen LogP contribution is -2.49. The van der Waals surface area contributed by atoms with E-state index in [-0.39, 0.29) is 5.91 Å². The van der Waals surface area contributed by atoms with Crippen LogP contribution in [-0.2, 0) is 4.79 Å². The molecule has 1 unspecified atom stereocenters. The molecule has 1 atom stereocenters. The Morgan fingerprint density at radius 1 is 1.38 bits per heavy atom. The molecule has 1 N–H and O–H groups in total. The number of rotatable bonds is 2. The minimum Gasteiger partial charge on any atom is -0.384 e. The Labute approximate surface area is 83.0 Å². The average molecular weight is 204 g/mol. The third-order valence-electron chi connectivity index (χ3n) is 2.17. The van der Waals surface area contributed by atoms with E-state index in [9.17, 15) is 4.79 Å². The highest BCUT2D eigenvalue weighted by molar-refractivity contribution is 7.96. The van der Waals surface area contributed by atoms with Crippen molar-refractivity contribution in [2.45, 2.75) is 13.0 Å². The van der Waals surface area contributed by atoms with Crippen molar-refractivity contribution < 1.29 is 9.90 Å². The summed E-state index contributed by atoms with van der Waals surface area (Å²) < 4.78 is 2.21. The normalized spacial score (nSPS) is 21.6. The van der Waals surface area contributed by atoms with Gasteiger partial charge >= 0.3 is 0 Å². The maximum absolute atomic E-state index is 11.3. The van der Waals surface area contributed by atoms with Crippen molar-refractivity contribution >= 4 is 17.9 Å². The van der Waals surface area contributed by atoms with Gasteiger partial charge in [0.1, 0.15) is 6.10 Å².